The highest BCUT2D eigenvalue weighted by atomic mass is 79.9. The first-order valence-corrected chi connectivity index (χ1v) is 9.47. The number of rotatable bonds is 5. The zero-order valence-corrected chi connectivity index (χ0v) is 17.1. The maximum absolute atomic E-state index is 12.9. The fourth-order valence-corrected chi connectivity index (χ4v) is 3.65. The average molecular weight is 429 g/mol. The van der Waals surface area contributed by atoms with Gasteiger partial charge in [-0.1, -0.05) is 13.8 Å². The number of carbonyl (C=O) groups excluding carboxylic acids is 3. The molecule has 144 valence electrons. The van der Waals surface area contributed by atoms with Gasteiger partial charge in [-0.3, -0.25) is 9.59 Å². The summed E-state index contributed by atoms with van der Waals surface area (Å²) in [5, 5.41) is 0. The van der Waals surface area contributed by atoms with E-state index in [-0.39, 0.29) is 29.9 Å². The summed E-state index contributed by atoms with van der Waals surface area (Å²) in [6.45, 7) is 7.82. The van der Waals surface area contributed by atoms with Crippen molar-refractivity contribution in [3.8, 4) is 0 Å². The Hall–Kier alpha value is -1.83. The molecular formula is C18H25BrN2O5. The molecule has 2 atom stereocenters. The highest BCUT2D eigenvalue weighted by Crippen LogP contribution is 2.29. The fraction of sp³-hybridized carbons (Fsp3) is 0.611. The number of carbonyl (C=O) groups is 3. The number of piperidine rings is 1. The van der Waals surface area contributed by atoms with E-state index >= 15 is 0 Å². The molecule has 0 spiro atoms. The summed E-state index contributed by atoms with van der Waals surface area (Å²) in [7, 11) is 0. The van der Waals surface area contributed by atoms with Crippen LogP contribution < -0.4 is 5.73 Å². The van der Waals surface area contributed by atoms with Gasteiger partial charge in [0.25, 0.3) is 5.91 Å². The molecule has 1 aromatic heterocycles. The minimum Gasteiger partial charge on any atom is -0.465 e. The van der Waals surface area contributed by atoms with Crippen molar-refractivity contribution < 1.29 is 23.5 Å². The standard InChI is InChI=1S/C18H25BrN2O5/c1-9(2)15(17(23)21-7-5-6-12(8-21)16(20)22)26-18(24)13-10(3)25-11(4)14(13)19/h9,12,15H,5-8H2,1-4H3,(H2,20,22)/t12-,15-/m0/s1. The van der Waals surface area contributed by atoms with Crippen LogP contribution in [0.15, 0.2) is 8.89 Å². The number of aryl methyl sites for hydroxylation is 2. The third kappa shape index (κ3) is 4.28. The second-order valence-corrected chi connectivity index (χ2v) is 7.79. The lowest BCUT2D eigenvalue weighted by Gasteiger charge is -2.34. The monoisotopic (exact) mass is 428 g/mol. The Labute approximate surface area is 161 Å². The number of amides is 2. The zero-order valence-electron chi connectivity index (χ0n) is 15.5. The van der Waals surface area contributed by atoms with Gasteiger partial charge in [-0.15, -0.1) is 0 Å². The Morgan fingerprint density at radius 2 is 1.92 bits per heavy atom. The van der Waals surface area contributed by atoms with Crippen molar-refractivity contribution in [2.24, 2.45) is 17.6 Å². The Balaban J connectivity index is 2.16. The van der Waals surface area contributed by atoms with E-state index in [0.717, 1.165) is 0 Å². The zero-order chi connectivity index (χ0) is 19.6. The van der Waals surface area contributed by atoms with Gasteiger partial charge in [-0.25, -0.2) is 4.79 Å². The van der Waals surface area contributed by atoms with Gasteiger partial charge in [0, 0.05) is 13.1 Å². The summed E-state index contributed by atoms with van der Waals surface area (Å²) in [6.07, 6.45) is 0.436. The van der Waals surface area contributed by atoms with E-state index < -0.39 is 18.0 Å². The number of esters is 1. The topological polar surface area (TPSA) is 103 Å². The molecule has 2 amide bonds. The van der Waals surface area contributed by atoms with Crippen LogP contribution in [0.5, 0.6) is 0 Å². The lowest BCUT2D eigenvalue weighted by Crippen LogP contribution is -2.50. The maximum atomic E-state index is 12.9. The lowest BCUT2D eigenvalue weighted by molar-refractivity contribution is -0.145. The van der Waals surface area contributed by atoms with Gasteiger partial charge < -0.3 is 19.8 Å². The van der Waals surface area contributed by atoms with E-state index in [2.05, 4.69) is 15.9 Å². The van der Waals surface area contributed by atoms with Gasteiger partial charge in [-0.2, -0.15) is 0 Å². The number of furan rings is 1. The highest BCUT2D eigenvalue weighted by molar-refractivity contribution is 9.10. The molecular weight excluding hydrogens is 404 g/mol. The first-order chi connectivity index (χ1) is 12.1. The number of halogens is 1. The quantitative estimate of drug-likeness (QED) is 0.725. The number of nitrogens with two attached hydrogens (primary N) is 1. The van der Waals surface area contributed by atoms with Gasteiger partial charge in [0.15, 0.2) is 6.10 Å². The number of primary amides is 1. The molecule has 0 bridgehead atoms. The van der Waals surface area contributed by atoms with Gasteiger partial charge >= 0.3 is 5.97 Å². The maximum Gasteiger partial charge on any atom is 0.343 e. The minimum atomic E-state index is -0.935. The number of ether oxygens (including phenoxy) is 1. The highest BCUT2D eigenvalue weighted by Gasteiger charge is 2.35. The summed E-state index contributed by atoms with van der Waals surface area (Å²) < 4.78 is 11.5. The van der Waals surface area contributed by atoms with Gasteiger partial charge in [0.05, 0.1) is 10.4 Å². The van der Waals surface area contributed by atoms with E-state index in [1.165, 1.54) is 0 Å². The van der Waals surface area contributed by atoms with Crippen molar-refractivity contribution in [1.82, 2.24) is 4.90 Å². The van der Waals surface area contributed by atoms with Crippen LogP contribution in [-0.4, -0.2) is 41.9 Å². The fourth-order valence-electron chi connectivity index (χ4n) is 3.12. The van der Waals surface area contributed by atoms with Gasteiger partial charge in [0.1, 0.15) is 17.1 Å². The third-order valence-corrected chi connectivity index (χ3v) is 5.56. The Morgan fingerprint density at radius 1 is 1.27 bits per heavy atom. The number of likely N-dealkylation sites (tertiary alicyclic amines) is 1. The van der Waals surface area contributed by atoms with Crippen molar-refractivity contribution >= 4 is 33.7 Å². The van der Waals surface area contributed by atoms with Crippen molar-refractivity contribution in [3.63, 3.8) is 0 Å². The number of hydrogen-bond donors (Lipinski definition) is 1. The number of nitrogens with zero attached hydrogens (tertiary/aromatic N) is 1. The predicted molar refractivity (Wildman–Crippen MR) is 98.4 cm³/mol. The Bertz CT molecular complexity index is 713. The second kappa shape index (κ2) is 8.24. The average Bonchev–Trinajstić information content (AvgIpc) is 2.84. The van der Waals surface area contributed by atoms with Crippen molar-refractivity contribution in [2.75, 3.05) is 13.1 Å². The van der Waals surface area contributed by atoms with Crippen LogP contribution in [0.1, 0.15) is 48.6 Å². The van der Waals surface area contributed by atoms with E-state index in [9.17, 15) is 14.4 Å². The van der Waals surface area contributed by atoms with Crippen LogP contribution in [0.25, 0.3) is 0 Å². The molecule has 1 aliphatic rings. The summed E-state index contributed by atoms with van der Waals surface area (Å²) in [5.74, 6) is -0.885. The van der Waals surface area contributed by atoms with E-state index in [0.29, 0.717) is 35.4 Å². The molecule has 2 heterocycles. The molecule has 7 nitrogen and oxygen atoms in total. The van der Waals surface area contributed by atoms with Gasteiger partial charge in [0.2, 0.25) is 5.91 Å². The molecule has 0 unspecified atom stereocenters. The third-order valence-electron chi connectivity index (χ3n) is 4.61. The first kappa shape index (κ1) is 20.5. The van der Waals surface area contributed by atoms with E-state index in [1.54, 1.807) is 18.7 Å². The molecule has 0 radical (unpaired) electrons. The first-order valence-electron chi connectivity index (χ1n) is 8.68. The van der Waals surface area contributed by atoms with Crippen molar-refractivity contribution in [2.45, 2.75) is 46.6 Å². The van der Waals surface area contributed by atoms with Gasteiger partial charge in [-0.05, 0) is 48.5 Å². The van der Waals surface area contributed by atoms with Crippen LogP contribution in [0.3, 0.4) is 0 Å². The molecule has 0 saturated carbocycles. The van der Waals surface area contributed by atoms with Crippen LogP contribution >= 0.6 is 15.9 Å². The molecule has 26 heavy (non-hydrogen) atoms. The number of hydrogen-bond acceptors (Lipinski definition) is 5. The lowest BCUT2D eigenvalue weighted by atomic mass is 9.96. The molecule has 1 aromatic rings. The normalized spacial score (nSPS) is 18.7. The second-order valence-electron chi connectivity index (χ2n) is 7.00. The molecule has 1 aliphatic heterocycles. The molecule has 8 heteroatoms. The molecule has 2 rings (SSSR count). The van der Waals surface area contributed by atoms with Crippen LogP contribution in [0.2, 0.25) is 0 Å². The summed E-state index contributed by atoms with van der Waals surface area (Å²) >= 11 is 3.32. The van der Waals surface area contributed by atoms with Crippen LogP contribution in [-0.2, 0) is 14.3 Å². The summed E-state index contributed by atoms with van der Waals surface area (Å²) in [5.41, 5.74) is 5.67. The van der Waals surface area contributed by atoms with E-state index in [4.69, 9.17) is 14.9 Å². The predicted octanol–water partition coefficient (Wildman–Crippen LogP) is 2.56. The SMILES string of the molecule is Cc1oc(C)c(C(=O)O[C@H](C(=O)N2CCC[C@H](C(N)=O)C2)C(C)C)c1Br. The Kier molecular flexibility index (Phi) is 6.49. The minimum absolute atomic E-state index is 0.215. The van der Waals surface area contributed by atoms with Crippen LogP contribution in [0.4, 0.5) is 0 Å². The summed E-state index contributed by atoms with van der Waals surface area (Å²) in [6, 6.07) is 0. The van der Waals surface area contributed by atoms with E-state index in [1.807, 2.05) is 13.8 Å². The molecule has 0 aliphatic carbocycles. The van der Waals surface area contributed by atoms with Crippen LogP contribution in [0, 0.1) is 25.7 Å². The van der Waals surface area contributed by atoms with Crippen molar-refractivity contribution in [3.05, 3.63) is 21.6 Å². The summed E-state index contributed by atoms with van der Waals surface area (Å²) in [4.78, 5) is 38.5. The molecule has 1 saturated heterocycles. The Morgan fingerprint density at radius 3 is 2.42 bits per heavy atom. The smallest absolute Gasteiger partial charge is 0.343 e. The molecule has 1 fully saturated rings. The molecule has 2 N–H and O–H groups in total. The van der Waals surface area contributed by atoms with Crippen molar-refractivity contribution in [1.29, 1.82) is 0 Å². The molecule has 0 aromatic carbocycles. The largest absolute Gasteiger partial charge is 0.465 e.